The Morgan fingerprint density at radius 1 is 1.38 bits per heavy atom. The van der Waals surface area contributed by atoms with Crippen LogP contribution in [0, 0.1) is 0 Å². The summed E-state index contributed by atoms with van der Waals surface area (Å²) in [6.07, 6.45) is 0. The molecule has 2 heterocycles. The van der Waals surface area contributed by atoms with Gasteiger partial charge in [-0.2, -0.15) is 0 Å². The number of hydrogen-bond donors (Lipinski definition) is 0. The summed E-state index contributed by atoms with van der Waals surface area (Å²) in [5.41, 5.74) is 1.22. The summed E-state index contributed by atoms with van der Waals surface area (Å²) in [6.45, 7) is 1.96. The number of esters is 1. The molecular weight excluding hydrogens is 296 g/mol. The van der Waals surface area contributed by atoms with E-state index in [0.29, 0.717) is 16.6 Å². The molecule has 0 saturated heterocycles. The molecule has 0 spiro atoms. The molecular formula is C13H12N2O5S. The van der Waals surface area contributed by atoms with Crippen molar-refractivity contribution in [1.29, 1.82) is 0 Å². The van der Waals surface area contributed by atoms with Gasteiger partial charge in [0, 0.05) is 0 Å². The molecule has 0 amide bonds. The van der Waals surface area contributed by atoms with E-state index in [0.717, 1.165) is 0 Å². The SMILES string of the molecule is CCOC(=O)c1ccc2c(c1)nc1n2C(=O)CS(=O)(=O)C1. The molecule has 0 aliphatic carbocycles. The third kappa shape index (κ3) is 2.31. The van der Waals surface area contributed by atoms with Crippen LogP contribution in [0.2, 0.25) is 0 Å². The van der Waals surface area contributed by atoms with Crippen molar-refractivity contribution in [3.63, 3.8) is 0 Å². The molecule has 0 saturated carbocycles. The third-order valence-corrected chi connectivity index (χ3v) is 4.56. The van der Waals surface area contributed by atoms with Crippen LogP contribution in [0.5, 0.6) is 0 Å². The largest absolute Gasteiger partial charge is 0.462 e. The molecule has 0 radical (unpaired) electrons. The second kappa shape index (κ2) is 4.66. The maximum absolute atomic E-state index is 11.9. The van der Waals surface area contributed by atoms with Gasteiger partial charge in [-0.05, 0) is 25.1 Å². The molecule has 0 fully saturated rings. The first kappa shape index (κ1) is 13.7. The number of imidazole rings is 1. The Kier molecular flexibility index (Phi) is 3.05. The minimum Gasteiger partial charge on any atom is -0.462 e. The predicted octanol–water partition coefficient (Wildman–Crippen LogP) is 0.782. The molecule has 0 N–H and O–H groups in total. The minimum atomic E-state index is -3.45. The molecule has 1 aliphatic heterocycles. The lowest BCUT2D eigenvalue weighted by atomic mass is 10.2. The Balaban J connectivity index is 2.14. The summed E-state index contributed by atoms with van der Waals surface area (Å²) in [7, 11) is -3.45. The number of nitrogens with zero attached hydrogens (tertiary/aromatic N) is 2. The van der Waals surface area contributed by atoms with Crippen LogP contribution in [0.15, 0.2) is 18.2 Å². The topological polar surface area (TPSA) is 95.3 Å². The van der Waals surface area contributed by atoms with E-state index in [1.54, 1.807) is 13.0 Å². The molecule has 0 unspecified atom stereocenters. The van der Waals surface area contributed by atoms with Gasteiger partial charge in [-0.1, -0.05) is 0 Å². The molecule has 0 bridgehead atoms. The Morgan fingerprint density at radius 2 is 2.14 bits per heavy atom. The average Bonchev–Trinajstić information content (AvgIpc) is 2.74. The summed E-state index contributed by atoms with van der Waals surface area (Å²) in [5.74, 6) is -1.62. The number of fused-ring (bicyclic) bond motifs is 3. The molecule has 110 valence electrons. The molecule has 1 aromatic heterocycles. The Morgan fingerprint density at radius 3 is 2.86 bits per heavy atom. The van der Waals surface area contributed by atoms with E-state index in [1.165, 1.54) is 16.7 Å². The van der Waals surface area contributed by atoms with Crippen molar-refractivity contribution in [1.82, 2.24) is 9.55 Å². The first-order valence-corrected chi connectivity index (χ1v) is 8.15. The molecule has 2 aromatic rings. The van der Waals surface area contributed by atoms with Gasteiger partial charge in [0.05, 0.1) is 23.2 Å². The summed E-state index contributed by atoms with van der Waals surface area (Å²) in [5, 5.41) is 0. The maximum atomic E-state index is 11.9. The van der Waals surface area contributed by atoms with Gasteiger partial charge in [-0.25, -0.2) is 18.2 Å². The lowest BCUT2D eigenvalue weighted by Crippen LogP contribution is -2.31. The van der Waals surface area contributed by atoms with E-state index in [4.69, 9.17) is 4.74 Å². The first-order chi connectivity index (χ1) is 9.91. The van der Waals surface area contributed by atoms with Crippen molar-refractivity contribution < 1.29 is 22.7 Å². The summed E-state index contributed by atoms with van der Waals surface area (Å²) < 4.78 is 29.4. The fourth-order valence-electron chi connectivity index (χ4n) is 2.35. The van der Waals surface area contributed by atoms with Crippen molar-refractivity contribution >= 4 is 32.7 Å². The van der Waals surface area contributed by atoms with Gasteiger partial charge in [-0.3, -0.25) is 9.36 Å². The van der Waals surface area contributed by atoms with Gasteiger partial charge >= 0.3 is 5.97 Å². The predicted molar refractivity (Wildman–Crippen MR) is 73.8 cm³/mol. The second-order valence-corrected chi connectivity index (χ2v) is 6.78. The van der Waals surface area contributed by atoms with E-state index in [1.807, 2.05) is 0 Å². The van der Waals surface area contributed by atoms with Gasteiger partial charge in [0.2, 0.25) is 5.91 Å². The second-order valence-electron chi connectivity index (χ2n) is 4.71. The van der Waals surface area contributed by atoms with Crippen LogP contribution < -0.4 is 0 Å². The maximum Gasteiger partial charge on any atom is 0.338 e. The molecule has 3 rings (SSSR count). The molecule has 0 atom stereocenters. The highest BCUT2D eigenvalue weighted by Gasteiger charge is 2.31. The highest BCUT2D eigenvalue weighted by molar-refractivity contribution is 7.91. The highest BCUT2D eigenvalue weighted by Crippen LogP contribution is 2.23. The van der Waals surface area contributed by atoms with Gasteiger partial charge in [0.1, 0.15) is 17.3 Å². The zero-order valence-electron chi connectivity index (χ0n) is 11.2. The van der Waals surface area contributed by atoms with Crippen LogP contribution in [0.25, 0.3) is 11.0 Å². The number of benzene rings is 1. The summed E-state index contributed by atoms with van der Waals surface area (Å²) in [4.78, 5) is 27.8. The van der Waals surface area contributed by atoms with Gasteiger partial charge in [-0.15, -0.1) is 0 Å². The van der Waals surface area contributed by atoms with Crippen molar-refractivity contribution in [3.8, 4) is 0 Å². The molecule has 1 aromatic carbocycles. The number of hydrogen-bond acceptors (Lipinski definition) is 6. The van der Waals surface area contributed by atoms with Crippen molar-refractivity contribution in [2.45, 2.75) is 12.7 Å². The summed E-state index contributed by atoms with van der Waals surface area (Å²) >= 11 is 0. The van der Waals surface area contributed by atoms with E-state index in [-0.39, 0.29) is 18.2 Å². The summed E-state index contributed by atoms with van der Waals surface area (Å²) in [6, 6.07) is 4.61. The molecule has 8 heteroatoms. The number of aromatic nitrogens is 2. The standard InChI is InChI=1S/C13H12N2O5S/c1-2-20-13(17)8-3-4-10-9(5-8)14-11-6-21(18,19)7-12(16)15(10)11/h3-5H,2,6-7H2,1H3. The average molecular weight is 308 g/mol. The molecule has 1 aliphatic rings. The molecule has 21 heavy (non-hydrogen) atoms. The molecule has 7 nitrogen and oxygen atoms in total. The van der Waals surface area contributed by atoms with Crippen LogP contribution in [0.1, 0.15) is 27.9 Å². The van der Waals surface area contributed by atoms with Gasteiger partial charge in [0.15, 0.2) is 9.84 Å². The van der Waals surface area contributed by atoms with Gasteiger partial charge in [0.25, 0.3) is 0 Å². The van der Waals surface area contributed by atoms with E-state index in [9.17, 15) is 18.0 Å². The Bertz CT molecular complexity index is 866. The van der Waals surface area contributed by atoms with Crippen molar-refractivity contribution in [2.75, 3.05) is 12.4 Å². The van der Waals surface area contributed by atoms with Crippen LogP contribution in [-0.2, 0) is 20.3 Å². The number of rotatable bonds is 2. The van der Waals surface area contributed by atoms with Gasteiger partial charge < -0.3 is 4.74 Å². The van der Waals surface area contributed by atoms with Crippen LogP contribution in [-0.4, -0.2) is 42.2 Å². The highest BCUT2D eigenvalue weighted by atomic mass is 32.2. The smallest absolute Gasteiger partial charge is 0.338 e. The zero-order valence-corrected chi connectivity index (χ0v) is 12.0. The van der Waals surface area contributed by atoms with Crippen molar-refractivity contribution in [3.05, 3.63) is 29.6 Å². The monoisotopic (exact) mass is 308 g/mol. The quantitative estimate of drug-likeness (QED) is 0.761. The number of ether oxygens (including phenoxy) is 1. The number of carbonyl (C=O) groups is 2. The first-order valence-electron chi connectivity index (χ1n) is 6.33. The minimum absolute atomic E-state index is 0.183. The van der Waals surface area contributed by atoms with Crippen LogP contribution in [0.3, 0.4) is 0 Å². The third-order valence-electron chi connectivity index (χ3n) is 3.18. The van der Waals surface area contributed by atoms with E-state index in [2.05, 4.69) is 4.98 Å². The fourth-order valence-corrected chi connectivity index (χ4v) is 3.54. The van der Waals surface area contributed by atoms with E-state index < -0.39 is 27.5 Å². The van der Waals surface area contributed by atoms with Crippen molar-refractivity contribution in [2.24, 2.45) is 0 Å². The normalized spacial score (nSPS) is 16.7. The van der Waals surface area contributed by atoms with Crippen LogP contribution in [0.4, 0.5) is 0 Å². The number of sulfone groups is 1. The lowest BCUT2D eigenvalue weighted by molar-refractivity contribution is 0.0526. The fraction of sp³-hybridized carbons (Fsp3) is 0.308. The zero-order chi connectivity index (χ0) is 15.2. The Labute approximate surface area is 120 Å². The van der Waals surface area contributed by atoms with Crippen LogP contribution >= 0.6 is 0 Å². The number of carbonyl (C=O) groups excluding carboxylic acids is 2. The lowest BCUT2D eigenvalue weighted by Gasteiger charge is -2.13. The van der Waals surface area contributed by atoms with E-state index >= 15 is 0 Å². The Hall–Kier alpha value is -2.22.